The smallest absolute Gasteiger partial charge is 0.0578 e. The van der Waals surface area contributed by atoms with Crippen molar-refractivity contribution in [3.8, 4) is 0 Å². The van der Waals surface area contributed by atoms with Crippen LogP contribution in [0, 0.1) is 13.8 Å². The quantitative estimate of drug-likeness (QED) is 0.794. The monoisotopic (exact) mass is 285 g/mol. The molecule has 3 rings (SSSR count). The molecule has 106 valence electrons. The molecule has 1 aromatic carbocycles. The Balaban J connectivity index is 1.78. The van der Waals surface area contributed by atoms with Crippen LogP contribution in [0.25, 0.3) is 0 Å². The van der Waals surface area contributed by atoms with Crippen molar-refractivity contribution in [3.05, 3.63) is 50.7 Å². The lowest BCUT2D eigenvalue weighted by atomic mass is 9.99. The lowest BCUT2D eigenvalue weighted by molar-refractivity contribution is 0.696. The number of hydrogen-bond acceptors (Lipinski definition) is 2. The molecule has 1 aliphatic rings. The minimum Gasteiger partial charge on any atom is -0.377 e. The first-order chi connectivity index (χ1) is 9.63. The zero-order valence-electron chi connectivity index (χ0n) is 12.6. The second kappa shape index (κ2) is 5.61. The summed E-state index contributed by atoms with van der Waals surface area (Å²) in [6, 6.07) is 9.46. The Morgan fingerprint density at radius 1 is 1.10 bits per heavy atom. The first-order valence-electron chi connectivity index (χ1n) is 7.59. The minimum absolute atomic E-state index is 0.395. The molecular formula is C18H23NS. The van der Waals surface area contributed by atoms with Gasteiger partial charge in [-0.2, -0.15) is 0 Å². The number of rotatable bonds is 3. The Hall–Kier alpha value is -1.28. The maximum atomic E-state index is 3.67. The molecule has 0 aliphatic heterocycles. The van der Waals surface area contributed by atoms with E-state index in [-0.39, 0.29) is 0 Å². The number of aryl methyl sites for hydroxylation is 4. The van der Waals surface area contributed by atoms with Gasteiger partial charge in [0.1, 0.15) is 0 Å². The molecule has 1 heterocycles. The SMILES string of the molecule is Cc1ccc(NC(C)c2cc3c(s2)CCCC3)c(C)c1. The summed E-state index contributed by atoms with van der Waals surface area (Å²) in [6.07, 6.45) is 5.30. The van der Waals surface area contributed by atoms with E-state index in [1.54, 1.807) is 10.4 Å². The number of benzene rings is 1. The van der Waals surface area contributed by atoms with Gasteiger partial charge in [-0.15, -0.1) is 11.3 Å². The van der Waals surface area contributed by atoms with Crippen molar-refractivity contribution in [2.24, 2.45) is 0 Å². The van der Waals surface area contributed by atoms with Crippen molar-refractivity contribution < 1.29 is 0 Å². The van der Waals surface area contributed by atoms with Crippen LogP contribution in [0.3, 0.4) is 0 Å². The van der Waals surface area contributed by atoms with E-state index >= 15 is 0 Å². The van der Waals surface area contributed by atoms with Gasteiger partial charge in [0.15, 0.2) is 0 Å². The zero-order chi connectivity index (χ0) is 14.1. The third kappa shape index (κ3) is 2.76. The highest BCUT2D eigenvalue weighted by molar-refractivity contribution is 7.12. The van der Waals surface area contributed by atoms with Crippen LogP contribution in [-0.4, -0.2) is 0 Å². The van der Waals surface area contributed by atoms with Crippen LogP contribution in [0.15, 0.2) is 24.3 Å². The lowest BCUT2D eigenvalue weighted by Gasteiger charge is -2.16. The molecule has 1 unspecified atom stereocenters. The van der Waals surface area contributed by atoms with Gasteiger partial charge in [-0.3, -0.25) is 0 Å². The van der Waals surface area contributed by atoms with Crippen molar-refractivity contribution in [2.45, 2.75) is 52.5 Å². The van der Waals surface area contributed by atoms with Crippen molar-refractivity contribution in [2.75, 3.05) is 5.32 Å². The number of anilines is 1. The summed E-state index contributed by atoms with van der Waals surface area (Å²) >= 11 is 2.01. The van der Waals surface area contributed by atoms with Gasteiger partial charge in [-0.25, -0.2) is 0 Å². The van der Waals surface area contributed by atoms with Gasteiger partial charge in [0.05, 0.1) is 6.04 Å². The molecule has 0 radical (unpaired) electrons. The molecule has 0 amide bonds. The molecule has 1 atom stereocenters. The summed E-state index contributed by atoms with van der Waals surface area (Å²) < 4.78 is 0. The molecule has 0 saturated carbocycles. The zero-order valence-corrected chi connectivity index (χ0v) is 13.4. The number of fused-ring (bicyclic) bond motifs is 1. The fourth-order valence-electron chi connectivity index (χ4n) is 3.01. The highest BCUT2D eigenvalue weighted by Crippen LogP contribution is 2.34. The molecule has 0 saturated heterocycles. The van der Waals surface area contributed by atoms with E-state index in [1.165, 1.54) is 47.4 Å². The van der Waals surface area contributed by atoms with Gasteiger partial charge >= 0.3 is 0 Å². The van der Waals surface area contributed by atoms with E-state index in [1.807, 2.05) is 11.3 Å². The molecule has 2 aromatic rings. The molecule has 1 N–H and O–H groups in total. The van der Waals surface area contributed by atoms with Gasteiger partial charge < -0.3 is 5.32 Å². The molecular weight excluding hydrogens is 262 g/mol. The minimum atomic E-state index is 0.395. The first kappa shape index (κ1) is 13.7. The normalized spacial score (nSPS) is 15.8. The molecule has 1 aliphatic carbocycles. The van der Waals surface area contributed by atoms with Crippen molar-refractivity contribution in [3.63, 3.8) is 0 Å². The van der Waals surface area contributed by atoms with Crippen LogP contribution >= 0.6 is 11.3 Å². The lowest BCUT2D eigenvalue weighted by Crippen LogP contribution is -2.06. The summed E-state index contributed by atoms with van der Waals surface area (Å²) in [7, 11) is 0. The molecule has 1 nitrogen and oxygen atoms in total. The third-order valence-electron chi connectivity index (χ3n) is 4.20. The highest BCUT2D eigenvalue weighted by atomic mass is 32.1. The van der Waals surface area contributed by atoms with E-state index in [2.05, 4.69) is 50.4 Å². The Labute approximate surface area is 126 Å². The highest BCUT2D eigenvalue weighted by Gasteiger charge is 2.16. The van der Waals surface area contributed by atoms with Crippen LogP contribution in [0.4, 0.5) is 5.69 Å². The third-order valence-corrected chi connectivity index (χ3v) is 5.62. The van der Waals surface area contributed by atoms with Crippen LogP contribution < -0.4 is 5.32 Å². The fraction of sp³-hybridized carbons (Fsp3) is 0.444. The molecule has 1 aromatic heterocycles. The maximum absolute atomic E-state index is 3.67. The molecule has 20 heavy (non-hydrogen) atoms. The Kier molecular flexibility index (Phi) is 3.84. The largest absolute Gasteiger partial charge is 0.377 e. The summed E-state index contributed by atoms with van der Waals surface area (Å²) in [4.78, 5) is 3.11. The molecule has 0 bridgehead atoms. The van der Waals surface area contributed by atoms with Crippen molar-refractivity contribution in [1.82, 2.24) is 0 Å². The second-order valence-corrected chi connectivity index (χ2v) is 7.16. The van der Waals surface area contributed by atoms with Crippen LogP contribution in [-0.2, 0) is 12.8 Å². The van der Waals surface area contributed by atoms with Crippen LogP contribution in [0.5, 0.6) is 0 Å². The standard InChI is InChI=1S/C18H23NS/c1-12-8-9-16(13(2)10-12)19-14(3)18-11-15-6-4-5-7-17(15)20-18/h8-11,14,19H,4-7H2,1-3H3. The topological polar surface area (TPSA) is 12.0 Å². The van der Waals surface area contributed by atoms with Crippen LogP contribution in [0.2, 0.25) is 0 Å². The van der Waals surface area contributed by atoms with Gasteiger partial charge in [0.25, 0.3) is 0 Å². The fourth-order valence-corrected chi connectivity index (χ4v) is 4.27. The van der Waals surface area contributed by atoms with Gasteiger partial charge in [-0.1, -0.05) is 17.7 Å². The number of nitrogens with one attached hydrogen (secondary N) is 1. The van der Waals surface area contributed by atoms with E-state index in [0.717, 1.165) is 0 Å². The summed E-state index contributed by atoms with van der Waals surface area (Å²) in [5, 5.41) is 3.67. The number of thiophene rings is 1. The van der Waals surface area contributed by atoms with Crippen LogP contribution in [0.1, 0.15) is 52.3 Å². The van der Waals surface area contributed by atoms with E-state index in [9.17, 15) is 0 Å². The van der Waals surface area contributed by atoms with Gasteiger partial charge in [0.2, 0.25) is 0 Å². The average molecular weight is 285 g/mol. The predicted molar refractivity (Wildman–Crippen MR) is 88.9 cm³/mol. The summed E-state index contributed by atoms with van der Waals surface area (Å²) in [6.45, 7) is 6.60. The Morgan fingerprint density at radius 3 is 2.65 bits per heavy atom. The maximum Gasteiger partial charge on any atom is 0.0578 e. The van der Waals surface area contributed by atoms with E-state index in [0.29, 0.717) is 6.04 Å². The molecule has 0 spiro atoms. The van der Waals surface area contributed by atoms with Crippen molar-refractivity contribution in [1.29, 1.82) is 0 Å². The van der Waals surface area contributed by atoms with Gasteiger partial charge in [0, 0.05) is 15.4 Å². The number of hydrogen-bond donors (Lipinski definition) is 1. The van der Waals surface area contributed by atoms with E-state index in [4.69, 9.17) is 0 Å². The summed E-state index contributed by atoms with van der Waals surface area (Å²) in [5.41, 5.74) is 5.52. The van der Waals surface area contributed by atoms with E-state index < -0.39 is 0 Å². The summed E-state index contributed by atoms with van der Waals surface area (Å²) in [5.74, 6) is 0. The Bertz CT molecular complexity index is 588. The Morgan fingerprint density at radius 2 is 1.90 bits per heavy atom. The van der Waals surface area contributed by atoms with Crippen molar-refractivity contribution >= 4 is 17.0 Å². The molecule has 2 heteroatoms. The first-order valence-corrected chi connectivity index (χ1v) is 8.40. The van der Waals surface area contributed by atoms with Gasteiger partial charge in [-0.05, 0) is 69.7 Å². The average Bonchev–Trinajstić information content (AvgIpc) is 2.86. The predicted octanol–water partition coefficient (Wildman–Crippen LogP) is 5.42. The second-order valence-electron chi connectivity index (χ2n) is 5.99. The molecule has 0 fully saturated rings.